The van der Waals surface area contributed by atoms with Crippen molar-refractivity contribution in [3.8, 4) is 11.4 Å². The molecule has 7 nitrogen and oxygen atoms in total. The summed E-state index contributed by atoms with van der Waals surface area (Å²) in [5, 5.41) is 10.1. The number of likely N-dealkylation sites (tertiary alicyclic amines) is 1. The summed E-state index contributed by atoms with van der Waals surface area (Å²) in [5.74, 6) is 1.60. The first-order chi connectivity index (χ1) is 15.6. The highest BCUT2D eigenvalue weighted by molar-refractivity contribution is 6.35. The van der Waals surface area contributed by atoms with Crippen LogP contribution in [0.2, 0.25) is 5.02 Å². The van der Waals surface area contributed by atoms with Crippen LogP contribution >= 0.6 is 11.6 Å². The number of carbonyl (C=O) groups is 1. The number of amides is 1. The standard InChI is InChI=1S/C24H24ClN5O2/c1-16-5-7-17(8-6-16)23-27-24(32-28-23)18-9-12-29(13-10-18)22(31)11-14-30-21-4-2-3-20(25)19(21)15-26-30/h2-8,15,18H,9-14H2,1H3. The van der Waals surface area contributed by atoms with Gasteiger partial charge in [0.1, 0.15) is 0 Å². The van der Waals surface area contributed by atoms with Gasteiger partial charge in [0.2, 0.25) is 17.6 Å². The molecule has 5 rings (SSSR count). The number of hydrogen-bond acceptors (Lipinski definition) is 5. The number of aryl methyl sites for hydroxylation is 2. The number of halogens is 1. The fourth-order valence-electron chi connectivity index (χ4n) is 4.20. The van der Waals surface area contributed by atoms with Crippen molar-refractivity contribution >= 4 is 28.4 Å². The minimum absolute atomic E-state index is 0.139. The van der Waals surface area contributed by atoms with Crippen molar-refractivity contribution in [2.45, 2.75) is 38.6 Å². The fourth-order valence-corrected chi connectivity index (χ4v) is 4.42. The van der Waals surface area contributed by atoms with E-state index >= 15 is 0 Å². The molecule has 8 heteroatoms. The van der Waals surface area contributed by atoms with Crippen LogP contribution in [0, 0.1) is 6.92 Å². The fraction of sp³-hybridized carbons (Fsp3) is 0.333. The molecule has 1 aliphatic rings. The lowest BCUT2D eigenvalue weighted by Crippen LogP contribution is -2.38. The summed E-state index contributed by atoms with van der Waals surface area (Å²) in [6.45, 7) is 3.97. The summed E-state index contributed by atoms with van der Waals surface area (Å²) in [4.78, 5) is 19.3. The van der Waals surface area contributed by atoms with Gasteiger partial charge in [-0.1, -0.05) is 52.7 Å². The van der Waals surface area contributed by atoms with E-state index in [1.807, 2.05) is 59.0 Å². The van der Waals surface area contributed by atoms with Crippen LogP contribution in [0.25, 0.3) is 22.3 Å². The summed E-state index contributed by atoms with van der Waals surface area (Å²) < 4.78 is 7.39. The molecular weight excluding hydrogens is 426 g/mol. The van der Waals surface area contributed by atoms with Gasteiger partial charge in [0.25, 0.3) is 0 Å². The van der Waals surface area contributed by atoms with Crippen LogP contribution in [0.3, 0.4) is 0 Å². The van der Waals surface area contributed by atoms with Crippen LogP contribution < -0.4 is 0 Å². The van der Waals surface area contributed by atoms with Crippen molar-refractivity contribution in [1.82, 2.24) is 24.8 Å². The predicted octanol–water partition coefficient (Wildman–Crippen LogP) is 4.84. The van der Waals surface area contributed by atoms with Gasteiger partial charge in [-0.25, -0.2) is 0 Å². The highest BCUT2D eigenvalue weighted by Crippen LogP contribution is 2.29. The van der Waals surface area contributed by atoms with Gasteiger partial charge in [-0.05, 0) is 31.9 Å². The third kappa shape index (κ3) is 4.12. The molecule has 1 aliphatic heterocycles. The van der Waals surface area contributed by atoms with Crippen molar-refractivity contribution in [2.75, 3.05) is 13.1 Å². The Hall–Kier alpha value is -3.19. The molecule has 1 saturated heterocycles. The van der Waals surface area contributed by atoms with E-state index in [-0.39, 0.29) is 11.8 Å². The Bertz CT molecular complexity index is 1240. The van der Waals surface area contributed by atoms with Crippen molar-refractivity contribution in [3.05, 3.63) is 65.1 Å². The Kier molecular flexibility index (Phi) is 5.66. The molecule has 0 bridgehead atoms. The Morgan fingerprint density at radius 1 is 1.16 bits per heavy atom. The molecule has 0 unspecified atom stereocenters. The molecule has 0 aliphatic carbocycles. The van der Waals surface area contributed by atoms with Gasteiger partial charge in [-0.15, -0.1) is 0 Å². The van der Waals surface area contributed by atoms with Crippen LogP contribution in [0.5, 0.6) is 0 Å². The minimum Gasteiger partial charge on any atom is -0.343 e. The largest absolute Gasteiger partial charge is 0.343 e. The third-order valence-electron chi connectivity index (χ3n) is 6.12. The topological polar surface area (TPSA) is 77.0 Å². The molecule has 0 atom stereocenters. The van der Waals surface area contributed by atoms with Crippen LogP contribution in [0.1, 0.15) is 36.6 Å². The van der Waals surface area contributed by atoms with Gasteiger partial charge < -0.3 is 9.42 Å². The molecule has 32 heavy (non-hydrogen) atoms. The van der Waals surface area contributed by atoms with Crippen molar-refractivity contribution in [1.29, 1.82) is 0 Å². The summed E-state index contributed by atoms with van der Waals surface area (Å²) in [6, 6.07) is 13.8. The average Bonchev–Trinajstić information content (AvgIpc) is 3.47. The van der Waals surface area contributed by atoms with E-state index in [0.717, 1.165) is 29.3 Å². The van der Waals surface area contributed by atoms with E-state index < -0.39 is 0 Å². The van der Waals surface area contributed by atoms with Gasteiger partial charge in [0.15, 0.2) is 0 Å². The van der Waals surface area contributed by atoms with Crippen LogP contribution in [0.15, 0.2) is 53.2 Å². The zero-order valence-electron chi connectivity index (χ0n) is 17.9. The first kappa shape index (κ1) is 20.7. The second-order valence-electron chi connectivity index (χ2n) is 8.27. The molecule has 1 amide bonds. The lowest BCUT2D eigenvalue weighted by molar-refractivity contribution is -0.132. The molecule has 0 radical (unpaired) electrons. The smallest absolute Gasteiger partial charge is 0.230 e. The highest BCUT2D eigenvalue weighted by atomic mass is 35.5. The molecule has 4 aromatic rings. The van der Waals surface area contributed by atoms with Crippen LogP contribution in [-0.2, 0) is 11.3 Å². The Morgan fingerprint density at radius 3 is 2.72 bits per heavy atom. The van der Waals surface area contributed by atoms with Gasteiger partial charge in [0.05, 0.1) is 23.3 Å². The molecule has 2 aromatic heterocycles. The molecular formula is C24H24ClN5O2. The van der Waals surface area contributed by atoms with Crippen LogP contribution in [-0.4, -0.2) is 43.8 Å². The first-order valence-corrected chi connectivity index (χ1v) is 11.2. The molecule has 3 heterocycles. The second kappa shape index (κ2) is 8.74. The number of piperidine rings is 1. The molecule has 0 saturated carbocycles. The maximum atomic E-state index is 12.8. The molecule has 0 N–H and O–H groups in total. The number of benzene rings is 2. The SMILES string of the molecule is Cc1ccc(-c2noc(C3CCN(C(=O)CCn4ncc5c(Cl)cccc54)CC3)n2)cc1. The number of rotatable bonds is 5. The molecule has 0 spiro atoms. The number of nitrogens with zero attached hydrogens (tertiary/aromatic N) is 5. The van der Waals surface area contributed by atoms with Crippen LogP contribution in [0.4, 0.5) is 0 Å². The average molecular weight is 450 g/mol. The zero-order valence-corrected chi connectivity index (χ0v) is 18.6. The first-order valence-electron chi connectivity index (χ1n) is 10.9. The lowest BCUT2D eigenvalue weighted by Gasteiger charge is -2.30. The third-order valence-corrected chi connectivity index (χ3v) is 6.45. The maximum Gasteiger partial charge on any atom is 0.230 e. The van der Waals surface area contributed by atoms with Gasteiger partial charge in [-0.2, -0.15) is 10.1 Å². The molecule has 2 aromatic carbocycles. The van der Waals surface area contributed by atoms with Gasteiger partial charge >= 0.3 is 0 Å². The van der Waals surface area contributed by atoms with Crippen molar-refractivity contribution < 1.29 is 9.32 Å². The van der Waals surface area contributed by atoms with E-state index in [1.54, 1.807) is 6.20 Å². The molecule has 164 valence electrons. The van der Waals surface area contributed by atoms with Crippen molar-refractivity contribution in [3.63, 3.8) is 0 Å². The summed E-state index contributed by atoms with van der Waals surface area (Å²) in [7, 11) is 0. The Labute approximate surface area is 191 Å². The van der Waals surface area contributed by atoms with Crippen molar-refractivity contribution in [2.24, 2.45) is 0 Å². The van der Waals surface area contributed by atoms with E-state index in [4.69, 9.17) is 16.1 Å². The van der Waals surface area contributed by atoms with Gasteiger partial charge in [-0.3, -0.25) is 9.48 Å². The monoisotopic (exact) mass is 449 g/mol. The Balaban J connectivity index is 1.16. The quantitative estimate of drug-likeness (QED) is 0.435. The maximum absolute atomic E-state index is 12.8. The second-order valence-corrected chi connectivity index (χ2v) is 8.67. The van der Waals surface area contributed by atoms with Gasteiger partial charge in [0, 0.05) is 36.4 Å². The highest BCUT2D eigenvalue weighted by Gasteiger charge is 2.27. The van der Waals surface area contributed by atoms with E-state index in [0.29, 0.717) is 42.8 Å². The molecule has 1 fully saturated rings. The van der Waals surface area contributed by atoms with E-state index in [1.165, 1.54) is 5.56 Å². The zero-order chi connectivity index (χ0) is 22.1. The normalized spacial score (nSPS) is 14.9. The lowest BCUT2D eigenvalue weighted by atomic mass is 9.96. The minimum atomic E-state index is 0.139. The van der Waals surface area contributed by atoms with E-state index in [9.17, 15) is 4.79 Å². The predicted molar refractivity (Wildman–Crippen MR) is 122 cm³/mol. The number of aromatic nitrogens is 4. The Morgan fingerprint density at radius 2 is 1.94 bits per heavy atom. The summed E-state index contributed by atoms with van der Waals surface area (Å²) >= 11 is 6.22. The summed E-state index contributed by atoms with van der Waals surface area (Å²) in [5.41, 5.74) is 3.09. The summed E-state index contributed by atoms with van der Waals surface area (Å²) in [6.07, 6.45) is 3.80. The number of carbonyl (C=O) groups excluding carboxylic acids is 1. The number of hydrogen-bond donors (Lipinski definition) is 0. The number of fused-ring (bicyclic) bond motifs is 1. The van der Waals surface area contributed by atoms with E-state index in [2.05, 4.69) is 15.2 Å².